The first-order chi connectivity index (χ1) is 10.7. The van der Waals surface area contributed by atoms with Gasteiger partial charge in [-0.2, -0.15) is 0 Å². The van der Waals surface area contributed by atoms with Crippen molar-refractivity contribution >= 4 is 39.1 Å². The molecule has 1 saturated heterocycles. The number of benzene rings is 1. The Kier molecular flexibility index (Phi) is 5.94. The lowest BCUT2D eigenvalue weighted by Crippen LogP contribution is -2.45. The summed E-state index contributed by atoms with van der Waals surface area (Å²) in [6, 6.07) is 5.30. The molecular weight excluding hydrogens is 359 g/mol. The van der Waals surface area contributed by atoms with E-state index in [0.717, 1.165) is 5.56 Å². The van der Waals surface area contributed by atoms with Crippen LogP contribution in [-0.2, 0) is 21.4 Å². The zero-order valence-corrected chi connectivity index (χ0v) is 15.5. The summed E-state index contributed by atoms with van der Waals surface area (Å²) in [5, 5.41) is 0.890. The van der Waals surface area contributed by atoms with Gasteiger partial charge in [-0.15, -0.1) is 0 Å². The highest BCUT2D eigenvalue weighted by atomic mass is 35.5. The van der Waals surface area contributed by atoms with Gasteiger partial charge in [0.25, 0.3) is 0 Å². The lowest BCUT2D eigenvalue weighted by molar-refractivity contribution is -0.135. The molecule has 23 heavy (non-hydrogen) atoms. The molecular formula is C15H20Cl2N2O3S. The van der Waals surface area contributed by atoms with Gasteiger partial charge < -0.3 is 4.90 Å². The van der Waals surface area contributed by atoms with Gasteiger partial charge in [0.1, 0.15) is 0 Å². The highest BCUT2D eigenvalue weighted by Crippen LogP contribution is 2.27. The van der Waals surface area contributed by atoms with Crippen LogP contribution >= 0.6 is 23.2 Å². The van der Waals surface area contributed by atoms with Gasteiger partial charge in [-0.25, -0.2) is 12.7 Å². The molecule has 0 aliphatic carbocycles. The van der Waals surface area contributed by atoms with Crippen molar-refractivity contribution in [3.8, 4) is 0 Å². The summed E-state index contributed by atoms with van der Waals surface area (Å²) in [6.45, 7) is 1.06. The number of carbonyl (C=O) groups is 1. The molecule has 0 radical (unpaired) electrons. The van der Waals surface area contributed by atoms with Crippen molar-refractivity contribution in [1.82, 2.24) is 9.21 Å². The topological polar surface area (TPSA) is 57.7 Å². The normalized spacial score (nSPS) is 19.6. The largest absolute Gasteiger partial charge is 0.341 e. The molecule has 0 N–H and O–H groups in total. The van der Waals surface area contributed by atoms with E-state index in [1.807, 2.05) is 6.07 Å². The Balaban J connectivity index is 2.06. The van der Waals surface area contributed by atoms with Gasteiger partial charge in [0.15, 0.2) is 0 Å². The quantitative estimate of drug-likeness (QED) is 0.808. The lowest BCUT2D eigenvalue weighted by atomic mass is 9.98. The number of hydrogen-bond acceptors (Lipinski definition) is 3. The van der Waals surface area contributed by atoms with Crippen LogP contribution in [0.2, 0.25) is 10.0 Å². The number of amides is 1. The Hall–Kier alpha value is -0.820. The second kappa shape index (κ2) is 7.38. The Labute approximate surface area is 147 Å². The number of carbonyl (C=O) groups excluding carboxylic acids is 1. The second-order valence-corrected chi connectivity index (χ2v) is 8.64. The van der Waals surface area contributed by atoms with Crippen molar-refractivity contribution in [2.24, 2.45) is 5.92 Å². The summed E-state index contributed by atoms with van der Waals surface area (Å²) < 4.78 is 24.7. The lowest BCUT2D eigenvalue weighted by Gasteiger charge is -2.32. The van der Waals surface area contributed by atoms with Crippen LogP contribution in [0, 0.1) is 5.92 Å². The molecule has 0 saturated carbocycles. The van der Waals surface area contributed by atoms with Crippen molar-refractivity contribution < 1.29 is 13.2 Å². The van der Waals surface area contributed by atoms with Crippen LogP contribution < -0.4 is 0 Å². The van der Waals surface area contributed by atoms with Crippen molar-refractivity contribution in [2.75, 3.05) is 26.4 Å². The highest BCUT2D eigenvalue weighted by Gasteiger charge is 2.31. The van der Waals surface area contributed by atoms with Gasteiger partial charge >= 0.3 is 0 Å². The molecule has 1 aliphatic heterocycles. The summed E-state index contributed by atoms with van der Waals surface area (Å²) in [5.74, 6) is -0.393. The minimum absolute atomic E-state index is 0.0746. The third kappa shape index (κ3) is 4.59. The van der Waals surface area contributed by atoms with Crippen molar-refractivity contribution in [3.05, 3.63) is 33.8 Å². The smallest absolute Gasteiger partial charge is 0.227 e. The first kappa shape index (κ1) is 18.5. The Morgan fingerprint density at radius 3 is 2.74 bits per heavy atom. The van der Waals surface area contributed by atoms with E-state index < -0.39 is 10.0 Å². The average Bonchev–Trinajstić information content (AvgIpc) is 2.50. The molecule has 1 atom stereocenters. The van der Waals surface area contributed by atoms with Crippen LogP contribution in [0.4, 0.5) is 0 Å². The zero-order chi connectivity index (χ0) is 17.2. The van der Waals surface area contributed by atoms with Gasteiger partial charge in [-0.05, 0) is 24.5 Å². The maximum atomic E-state index is 12.6. The molecule has 0 aromatic heterocycles. The summed E-state index contributed by atoms with van der Waals surface area (Å²) in [4.78, 5) is 14.2. The van der Waals surface area contributed by atoms with E-state index in [4.69, 9.17) is 23.2 Å². The van der Waals surface area contributed by atoms with Crippen molar-refractivity contribution in [2.45, 2.75) is 19.4 Å². The summed E-state index contributed by atoms with van der Waals surface area (Å²) >= 11 is 12.1. The molecule has 1 aliphatic rings. The Morgan fingerprint density at radius 2 is 2.09 bits per heavy atom. The van der Waals surface area contributed by atoms with E-state index in [1.54, 1.807) is 24.1 Å². The molecule has 5 nitrogen and oxygen atoms in total. The minimum Gasteiger partial charge on any atom is -0.341 e. The van der Waals surface area contributed by atoms with Crippen molar-refractivity contribution in [3.63, 3.8) is 0 Å². The maximum Gasteiger partial charge on any atom is 0.227 e. The van der Waals surface area contributed by atoms with Crippen LogP contribution in [0.25, 0.3) is 0 Å². The van der Waals surface area contributed by atoms with Crippen LogP contribution in [0.3, 0.4) is 0 Å². The third-order valence-corrected chi connectivity index (χ3v) is 6.15. The van der Waals surface area contributed by atoms with Crippen LogP contribution in [-0.4, -0.2) is 49.9 Å². The van der Waals surface area contributed by atoms with Crippen LogP contribution in [0.15, 0.2) is 18.2 Å². The summed E-state index contributed by atoms with van der Waals surface area (Å²) in [6.07, 6.45) is 2.56. The van der Waals surface area contributed by atoms with Crippen molar-refractivity contribution in [1.29, 1.82) is 0 Å². The van der Waals surface area contributed by atoms with Gasteiger partial charge in [-0.1, -0.05) is 35.3 Å². The zero-order valence-electron chi connectivity index (χ0n) is 13.1. The van der Waals surface area contributed by atoms with Gasteiger partial charge in [0, 0.05) is 26.7 Å². The number of piperidine rings is 1. The molecule has 8 heteroatoms. The molecule has 1 aromatic rings. The molecule has 1 fully saturated rings. The van der Waals surface area contributed by atoms with Crippen LogP contribution in [0.1, 0.15) is 18.4 Å². The third-order valence-electron chi connectivity index (χ3n) is 4.02. The fourth-order valence-electron chi connectivity index (χ4n) is 2.76. The molecule has 1 amide bonds. The maximum absolute atomic E-state index is 12.6. The van der Waals surface area contributed by atoms with Gasteiger partial charge in [0.2, 0.25) is 15.9 Å². The fourth-order valence-corrected chi connectivity index (χ4v) is 4.05. The monoisotopic (exact) mass is 378 g/mol. The van der Waals surface area contributed by atoms with Gasteiger partial charge in [0.05, 0.1) is 22.2 Å². The first-order valence-corrected chi connectivity index (χ1v) is 9.93. The molecule has 1 unspecified atom stereocenters. The van der Waals surface area contributed by atoms with E-state index in [1.165, 1.54) is 10.6 Å². The van der Waals surface area contributed by atoms with E-state index in [2.05, 4.69) is 0 Å². The minimum atomic E-state index is -3.27. The van der Waals surface area contributed by atoms with E-state index in [0.29, 0.717) is 36.0 Å². The van der Waals surface area contributed by atoms with Gasteiger partial charge in [-0.3, -0.25) is 4.79 Å². The van der Waals surface area contributed by atoms with Crippen LogP contribution in [0.5, 0.6) is 0 Å². The number of halogens is 2. The standard InChI is InChI=1S/C15H20Cl2N2O3S/c1-18(9-11-5-3-7-13(16)14(11)17)15(20)12-6-4-8-19(10-12)23(2,21)22/h3,5,7,12H,4,6,8-10H2,1-2H3. The number of rotatable bonds is 4. The van der Waals surface area contributed by atoms with E-state index in [9.17, 15) is 13.2 Å². The Bertz CT molecular complexity index is 694. The second-order valence-electron chi connectivity index (χ2n) is 5.87. The number of sulfonamides is 1. The predicted octanol–water partition coefficient (Wildman–Crippen LogP) is 2.62. The molecule has 128 valence electrons. The highest BCUT2D eigenvalue weighted by molar-refractivity contribution is 7.88. The number of nitrogens with zero attached hydrogens (tertiary/aromatic N) is 2. The molecule has 0 spiro atoms. The molecule has 0 bridgehead atoms. The van der Waals surface area contributed by atoms with E-state index in [-0.39, 0.29) is 18.4 Å². The first-order valence-electron chi connectivity index (χ1n) is 7.33. The molecule has 1 aromatic carbocycles. The summed E-state index contributed by atoms with van der Waals surface area (Å²) in [5.41, 5.74) is 0.769. The fraction of sp³-hybridized carbons (Fsp3) is 0.533. The predicted molar refractivity (Wildman–Crippen MR) is 92.1 cm³/mol. The molecule has 1 heterocycles. The SMILES string of the molecule is CN(Cc1cccc(Cl)c1Cl)C(=O)C1CCCN(S(C)(=O)=O)C1. The van der Waals surface area contributed by atoms with E-state index >= 15 is 0 Å². The Morgan fingerprint density at radius 1 is 1.39 bits per heavy atom. The average molecular weight is 379 g/mol. The molecule has 2 rings (SSSR count). The summed E-state index contributed by atoms with van der Waals surface area (Å²) in [7, 11) is -1.57. The number of hydrogen-bond donors (Lipinski definition) is 0.